The molecule has 0 aliphatic carbocycles. The molecule has 3 aromatic carbocycles. The van der Waals surface area contributed by atoms with Crippen LogP contribution in [0.5, 0.6) is 0 Å². The highest BCUT2D eigenvalue weighted by molar-refractivity contribution is 5.97. The van der Waals surface area contributed by atoms with Gasteiger partial charge in [-0.2, -0.15) is 5.26 Å². The quantitative estimate of drug-likeness (QED) is 0.312. The summed E-state index contributed by atoms with van der Waals surface area (Å²) in [6.07, 6.45) is 3.41. The number of halogens is 2. The van der Waals surface area contributed by atoms with Crippen LogP contribution in [0.25, 0.3) is 10.8 Å². The summed E-state index contributed by atoms with van der Waals surface area (Å²) in [5, 5.41) is 12.7. The zero-order valence-corrected chi connectivity index (χ0v) is 21.4. The number of carbonyl (C=O) groups is 1. The Hall–Kier alpha value is -2.74. The normalized spacial score (nSPS) is 16.4. The van der Waals surface area contributed by atoms with E-state index >= 15 is 0 Å². The monoisotopic (exact) mass is 492 g/mol. The standard InChI is InChI=1S/C30H33FN2O.ClH/c1-22(2)30(21-32,27-11-8-23-6-3-4-7-26(23)20-27)16-5-17-33-18-14-25(15-19-33)29(34)24-9-12-28(31)13-10-24;/h3-4,6-13,20,22,25H,5,14-19H2,1-2H3;1H. The molecule has 0 aromatic heterocycles. The molecule has 0 amide bonds. The van der Waals surface area contributed by atoms with Gasteiger partial charge in [0, 0.05) is 11.5 Å². The largest absolute Gasteiger partial charge is 0.303 e. The van der Waals surface area contributed by atoms with Crippen LogP contribution in [-0.2, 0) is 5.41 Å². The topological polar surface area (TPSA) is 44.1 Å². The van der Waals surface area contributed by atoms with Crippen LogP contribution in [0.15, 0.2) is 66.7 Å². The zero-order valence-electron chi connectivity index (χ0n) is 20.5. The number of Topliss-reactive ketones (excluding diaryl/α,β-unsaturated/α-hetero) is 1. The molecule has 35 heavy (non-hydrogen) atoms. The molecule has 1 aliphatic heterocycles. The first kappa shape index (κ1) is 26.9. The molecule has 0 spiro atoms. The number of hydrogen-bond acceptors (Lipinski definition) is 3. The summed E-state index contributed by atoms with van der Waals surface area (Å²) in [6, 6.07) is 23.3. The Kier molecular flexibility index (Phi) is 9.05. The summed E-state index contributed by atoms with van der Waals surface area (Å²) in [5.41, 5.74) is 1.19. The molecule has 184 valence electrons. The van der Waals surface area contributed by atoms with Crippen molar-refractivity contribution < 1.29 is 9.18 Å². The van der Waals surface area contributed by atoms with E-state index in [9.17, 15) is 14.4 Å². The van der Waals surface area contributed by atoms with E-state index in [0.717, 1.165) is 50.9 Å². The Balaban J connectivity index is 0.00000342. The molecule has 1 aliphatic rings. The van der Waals surface area contributed by atoms with Crippen molar-refractivity contribution in [3.05, 3.63) is 83.7 Å². The van der Waals surface area contributed by atoms with Crippen molar-refractivity contribution in [1.82, 2.24) is 4.90 Å². The lowest BCUT2D eigenvalue weighted by molar-refractivity contribution is 0.0837. The average molecular weight is 493 g/mol. The number of carbonyl (C=O) groups excluding carboxylic acids is 1. The number of fused-ring (bicyclic) bond motifs is 1. The summed E-state index contributed by atoms with van der Waals surface area (Å²) in [4.78, 5) is 15.2. The number of benzene rings is 3. The minimum atomic E-state index is -0.513. The van der Waals surface area contributed by atoms with Crippen LogP contribution >= 0.6 is 12.4 Å². The molecule has 0 bridgehead atoms. The number of piperidine rings is 1. The molecule has 5 heteroatoms. The first-order valence-corrected chi connectivity index (χ1v) is 12.4. The van der Waals surface area contributed by atoms with E-state index in [0.29, 0.717) is 5.56 Å². The lowest BCUT2D eigenvalue weighted by Crippen LogP contribution is -2.38. The molecule has 3 aromatic rings. The van der Waals surface area contributed by atoms with Gasteiger partial charge in [-0.3, -0.25) is 4.79 Å². The second-order valence-electron chi connectivity index (χ2n) is 9.89. The van der Waals surface area contributed by atoms with Gasteiger partial charge in [0.2, 0.25) is 0 Å². The van der Waals surface area contributed by atoms with Gasteiger partial charge >= 0.3 is 0 Å². The van der Waals surface area contributed by atoms with Crippen molar-refractivity contribution in [3.8, 4) is 6.07 Å². The summed E-state index contributed by atoms with van der Waals surface area (Å²) in [6.45, 7) is 6.99. The maximum absolute atomic E-state index is 13.2. The number of rotatable bonds is 8. The molecule has 3 nitrogen and oxygen atoms in total. The van der Waals surface area contributed by atoms with Gasteiger partial charge in [0.25, 0.3) is 0 Å². The molecular formula is C30H34ClFN2O. The van der Waals surface area contributed by atoms with E-state index in [-0.39, 0.29) is 35.8 Å². The highest BCUT2D eigenvalue weighted by atomic mass is 35.5. The first-order chi connectivity index (χ1) is 16.4. The van der Waals surface area contributed by atoms with Gasteiger partial charge in [-0.15, -0.1) is 12.4 Å². The average Bonchev–Trinajstić information content (AvgIpc) is 2.87. The van der Waals surface area contributed by atoms with Gasteiger partial charge in [-0.05, 0) is 97.9 Å². The van der Waals surface area contributed by atoms with Crippen molar-refractivity contribution in [2.45, 2.75) is 44.9 Å². The summed E-state index contributed by atoms with van der Waals surface area (Å²) < 4.78 is 13.2. The van der Waals surface area contributed by atoms with Crippen LogP contribution in [0.3, 0.4) is 0 Å². The molecule has 0 saturated carbocycles. The fourth-order valence-corrected chi connectivity index (χ4v) is 5.33. The minimum Gasteiger partial charge on any atom is -0.303 e. The Morgan fingerprint density at radius 3 is 2.34 bits per heavy atom. The predicted molar refractivity (Wildman–Crippen MR) is 142 cm³/mol. The van der Waals surface area contributed by atoms with Crippen LogP contribution in [0, 0.1) is 29.0 Å². The predicted octanol–water partition coefficient (Wildman–Crippen LogP) is 7.19. The molecule has 1 saturated heterocycles. The van der Waals surface area contributed by atoms with Crippen molar-refractivity contribution in [3.63, 3.8) is 0 Å². The maximum atomic E-state index is 13.2. The lowest BCUT2D eigenvalue weighted by atomic mass is 9.69. The van der Waals surface area contributed by atoms with Crippen LogP contribution in [0.1, 0.15) is 55.5 Å². The SMILES string of the molecule is CC(C)C(C#N)(CCCN1CCC(C(=O)c2ccc(F)cc2)CC1)c1ccc2ccccc2c1.Cl. The second-order valence-corrected chi connectivity index (χ2v) is 9.89. The van der Waals surface area contributed by atoms with Gasteiger partial charge in [-0.1, -0.05) is 50.2 Å². The number of ketones is 1. The third kappa shape index (κ3) is 5.92. The molecule has 1 unspecified atom stereocenters. The van der Waals surface area contributed by atoms with Gasteiger partial charge in [0.1, 0.15) is 5.82 Å². The van der Waals surface area contributed by atoms with E-state index < -0.39 is 5.41 Å². The molecule has 0 radical (unpaired) electrons. The highest BCUT2D eigenvalue weighted by Gasteiger charge is 2.36. The third-order valence-electron chi connectivity index (χ3n) is 7.58. The van der Waals surface area contributed by atoms with E-state index in [4.69, 9.17) is 0 Å². The van der Waals surface area contributed by atoms with Crippen molar-refractivity contribution in [1.29, 1.82) is 5.26 Å². The van der Waals surface area contributed by atoms with Crippen LogP contribution in [-0.4, -0.2) is 30.3 Å². The summed E-state index contributed by atoms with van der Waals surface area (Å²) >= 11 is 0. The fourth-order valence-electron chi connectivity index (χ4n) is 5.33. The van der Waals surface area contributed by atoms with Crippen LogP contribution < -0.4 is 0 Å². The molecule has 4 rings (SSSR count). The minimum absolute atomic E-state index is 0. The number of nitriles is 1. The Morgan fingerprint density at radius 2 is 1.71 bits per heavy atom. The maximum Gasteiger partial charge on any atom is 0.166 e. The van der Waals surface area contributed by atoms with Gasteiger partial charge in [0.05, 0.1) is 11.5 Å². The van der Waals surface area contributed by atoms with E-state index in [1.54, 1.807) is 12.1 Å². The van der Waals surface area contributed by atoms with Crippen molar-refractivity contribution in [2.75, 3.05) is 19.6 Å². The smallest absolute Gasteiger partial charge is 0.166 e. The van der Waals surface area contributed by atoms with E-state index in [1.165, 1.54) is 22.9 Å². The number of likely N-dealkylation sites (tertiary alicyclic amines) is 1. The molecule has 1 heterocycles. The second kappa shape index (κ2) is 11.8. The molecular weight excluding hydrogens is 459 g/mol. The van der Waals surface area contributed by atoms with E-state index in [1.807, 2.05) is 12.1 Å². The number of hydrogen-bond donors (Lipinski definition) is 0. The Labute approximate surface area is 214 Å². The first-order valence-electron chi connectivity index (χ1n) is 12.4. The van der Waals surface area contributed by atoms with Crippen LogP contribution in [0.4, 0.5) is 4.39 Å². The van der Waals surface area contributed by atoms with Gasteiger partial charge in [0.15, 0.2) is 5.78 Å². The highest BCUT2D eigenvalue weighted by Crippen LogP contribution is 2.38. The summed E-state index contributed by atoms with van der Waals surface area (Å²) in [7, 11) is 0. The lowest BCUT2D eigenvalue weighted by Gasteiger charge is -2.34. The van der Waals surface area contributed by atoms with Gasteiger partial charge in [-0.25, -0.2) is 4.39 Å². The van der Waals surface area contributed by atoms with Crippen LogP contribution in [0.2, 0.25) is 0 Å². The van der Waals surface area contributed by atoms with Crippen molar-refractivity contribution >= 4 is 29.0 Å². The van der Waals surface area contributed by atoms with E-state index in [2.05, 4.69) is 55.1 Å². The summed E-state index contributed by atoms with van der Waals surface area (Å²) in [5.74, 6) is 0.0232. The zero-order chi connectivity index (χ0) is 24.1. The fraction of sp³-hybridized carbons (Fsp3) is 0.400. The van der Waals surface area contributed by atoms with Gasteiger partial charge < -0.3 is 4.90 Å². The van der Waals surface area contributed by atoms with Crippen molar-refractivity contribution in [2.24, 2.45) is 11.8 Å². The Morgan fingerprint density at radius 1 is 1.06 bits per heavy atom. The Bertz CT molecular complexity index is 1180. The molecule has 1 atom stereocenters. The molecule has 1 fully saturated rings. The molecule has 0 N–H and O–H groups in total. The third-order valence-corrected chi connectivity index (χ3v) is 7.58. The number of nitrogens with zero attached hydrogens (tertiary/aromatic N) is 2.